The Hall–Kier alpha value is -1.16. The van der Waals surface area contributed by atoms with Gasteiger partial charge in [-0.3, -0.25) is 19.5 Å². The Morgan fingerprint density at radius 1 is 1.15 bits per heavy atom. The maximum absolute atomic E-state index is 12.6. The topological polar surface area (TPSA) is 83.0 Å². The van der Waals surface area contributed by atoms with Gasteiger partial charge in [0.15, 0.2) is 5.96 Å². The molecule has 4 atom stereocenters. The number of carbonyl (C=O) groups excluding carboxylic acids is 2. The largest absolute Gasteiger partial charge is 0.385 e. The average molecular weight is 476 g/mol. The van der Waals surface area contributed by atoms with Crippen molar-refractivity contribution < 1.29 is 14.3 Å². The summed E-state index contributed by atoms with van der Waals surface area (Å²) in [4.78, 5) is 30.8. The summed E-state index contributed by atoms with van der Waals surface area (Å²) in [7, 11) is 3.41. The summed E-state index contributed by atoms with van der Waals surface area (Å²) in [6.45, 7) is 2.65. The third-order valence-electron chi connectivity index (χ3n) is 5.45. The molecule has 0 aromatic carbocycles. The molecule has 2 bridgehead atoms. The Balaban J connectivity index is 0.00000243. The Kier molecular flexibility index (Phi) is 7.87. The Labute approximate surface area is 172 Å². The van der Waals surface area contributed by atoms with Gasteiger partial charge in [0.2, 0.25) is 11.8 Å². The van der Waals surface area contributed by atoms with Crippen molar-refractivity contribution in [3.05, 3.63) is 12.2 Å². The molecule has 1 aliphatic heterocycles. The number of rotatable bonds is 8. The van der Waals surface area contributed by atoms with E-state index in [1.807, 2.05) is 0 Å². The van der Waals surface area contributed by atoms with Crippen LogP contribution in [-0.2, 0) is 14.3 Å². The summed E-state index contributed by atoms with van der Waals surface area (Å²) in [6.07, 6.45) is 6.86. The molecule has 2 fully saturated rings. The third-order valence-corrected chi connectivity index (χ3v) is 5.45. The summed E-state index contributed by atoms with van der Waals surface area (Å²) >= 11 is 0. The SMILES string of the molecule is CN=C(NCCCOC)NCCCN1C(=O)C2C3C=CC(C3)C2C1=O.I. The van der Waals surface area contributed by atoms with E-state index >= 15 is 0 Å². The van der Waals surface area contributed by atoms with Crippen LogP contribution in [0.3, 0.4) is 0 Å². The van der Waals surface area contributed by atoms with Crippen LogP contribution in [0.1, 0.15) is 19.3 Å². The van der Waals surface area contributed by atoms with Crippen molar-refractivity contribution in [3.63, 3.8) is 0 Å². The first-order valence-electron chi connectivity index (χ1n) is 9.14. The highest BCUT2D eigenvalue weighted by Gasteiger charge is 2.58. The van der Waals surface area contributed by atoms with E-state index in [2.05, 4.69) is 27.8 Å². The number of carbonyl (C=O) groups is 2. The van der Waals surface area contributed by atoms with Gasteiger partial charge in [0.1, 0.15) is 0 Å². The molecule has 26 heavy (non-hydrogen) atoms. The fourth-order valence-corrected chi connectivity index (χ4v) is 4.27. The van der Waals surface area contributed by atoms with E-state index in [1.54, 1.807) is 14.2 Å². The molecule has 4 unspecified atom stereocenters. The minimum absolute atomic E-state index is 0. The van der Waals surface area contributed by atoms with Crippen molar-refractivity contribution in [2.24, 2.45) is 28.7 Å². The second-order valence-electron chi connectivity index (χ2n) is 6.95. The maximum atomic E-state index is 12.6. The molecule has 0 spiro atoms. The summed E-state index contributed by atoms with van der Waals surface area (Å²) < 4.78 is 5.01. The van der Waals surface area contributed by atoms with Crippen molar-refractivity contribution in [2.45, 2.75) is 19.3 Å². The maximum Gasteiger partial charge on any atom is 0.233 e. The van der Waals surface area contributed by atoms with Gasteiger partial charge in [0, 0.05) is 40.4 Å². The number of ether oxygens (including phenoxy) is 1. The van der Waals surface area contributed by atoms with Gasteiger partial charge in [0.25, 0.3) is 0 Å². The fraction of sp³-hybridized carbons (Fsp3) is 0.722. The summed E-state index contributed by atoms with van der Waals surface area (Å²) in [5.41, 5.74) is 0. The molecule has 0 aromatic rings. The van der Waals surface area contributed by atoms with Crippen molar-refractivity contribution in [3.8, 4) is 0 Å². The van der Waals surface area contributed by atoms with E-state index in [9.17, 15) is 9.59 Å². The quantitative estimate of drug-likeness (QED) is 0.137. The van der Waals surface area contributed by atoms with E-state index < -0.39 is 0 Å². The number of imide groups is 1. The first-order valence-corrected chi connectivity index (χ1v) is 9.14. The van der Waals surface area contributed by atoms with Crippen LogP contribution in [0, 0.1) is 23.7 Å². The number of allylic oxidation sites excluding steroid dienone is 2. The molecule has 2 amide bonds. The molecule has 2 N–H and O–H groups in total. The number of fused-ring (bicyclic) bond motifs is 5. The highest BCUT2D eigenvalue weighted by Crippen LogP contribution is 2.52. The first-order chi connectivity index (χ1) is 12.2. The smallest absolute Gasteiger partial charge is 0.233 e. The molecule has 8 heteroatoms. The van der Waals surface area contributed by atoms with E-state index in [1.165, 1.54) is 4.90 Å². The first kappa shape index (κ1) is 21.1. The van der Waals surface area contributed by atoms with Gasteiger partial charge in [-0.15, -0.1) is 24.0 Å². The average Bonchev–Trinajstić information content (AvgIpc) is 3.29. The van der Waals surface area contributed by atoms with Crippen LogP contribution >= 0.6 is 24.0 Å². The molecule has 2 aliphatic carbocycles. The van der Waals surface area contributed by atoms with Crippen LogP contribution < -0.4 is 10.6 Å². The molecule has 7 nitrogen and oxygen atoms in total. The van der Waals surface area contributed by atoms with Gasteiger partial charge >= 0.3 is 0 Å². The molecule has 1 saturated carbocycles. The summed E-state index contributed by atoms with van der Waals surface area (Å²) in [5.74, 6) is 1.18. The lowest BCUT2D eigenvalue weighted by atomic mass is 9.85. The van der Waals surface area contributed by atoms with Crippen LogP contribution in [0.5, 0.6) is 0 Å². The minimum atomic E-state index is -0.0920. The number of likely N-dealkylation sites (tertiary alicyclic amines) is 1. The number of aliphatic imine (C=N–C) groups is 1. The Morgan fingerprint density at radius 3 is 2.27 bits per heavy atom. The van der Waals surface area contributed by atoms with Gasteiger partial charge in [-0.2, -0.15) is 0 Å². The van der Waals surface area contributed by atoms with E-state index in [4.69, 9.17) is 4.74 Å². The van der Waals surface area contributed by atoms with Crippen molar-refractivity contribution in [2.75, 3.05) is 40.4 Å². The monoisotopic (exact) mass is 476 g/mol. The number of guanidine groups is 1. The van der Waals surface area contributed by atoms with Gasteiger partial charge in [-0.25, -0.2) is 0 Å². The standard InChI is InChI=1S/C18H28N4O3.HI/c1-19-18(21-8-4-10-25-2)20-7-3-9-22-16(23)14-12-5-6-13(11-12)15(14)17(22)24;/h5-6,12-15H,3-4,7-11H2,1-2H3,(H2,19,20,21);1H. The Morgan fingerprint density at radius 2 is 1.73 bits per heavy atom. The van der Waals surface area contributed by atoms with E-state index in [0.29, 0.717) is 19.7 Å². The molecule has 1 heterocycles. The van der Waals surface area contributed by atoms with Gasteiger partial charge in [-0.05, 0) is 31.1 Å². The molecule has 1 saturated heterocycles. The molecule has 0 radical (unpaired) electrons. The summed E-state index contributed by atoms with van der Waals surface area (Å²) in [5, 5.41) is 6.42. The number of hydrogen-bond acceptors (Lipinski definition) is 4. The van der Waals surface area contributed by atoms with Gasteiger partial charge in [0.05, 0.1) is 11.8 Å². The number of nitrogens with zero attached hydrogens (tertiary/aromatic N) is 2. The number of nitrogens with one attached hydrogen (secondary N) is 2. The van der Waals surface area contributed by atoms with Gasteiger partial charge < -0.3 is 15.4 Å². The van der Waals surface area contributed by atoms with E-state index in [0.717, 1.165) is 31.8 Å². The lowest BCUT2D eigenvalue weighted by Gasteiger charge is -2.18. The number of halogens is 1. The highest BCUT2D eigenvalue weighted by atomic mass is 127. The van der Waals surface area contributed by atoms with Crippen LogP contribution in [0.25, 0.3) is 0 Å². The van der Waals surface area contributed by atoms with Crippen LogP contribution in [0.15, 0.2) is 17.1 Å². The third kappa shape index (κ3) is 4.21. The van der Waals surface area contributed by atoms with Crippen LogP contribution in [0.4, 0.5) is 0 Å². The zero-order chi connectivity index (χ0) is 17.8. The minimum Gasteiger partial charge on any atom is -0.385 e. The Bertz CT molecular complexity index is 551. The molecular weight excluding hydrogens is 447 g/mol. The van der Waals surface area contributed by atoms with Crippen LogP contribution in [0.2, 0.25) is 0 Å². The second-order valence-corrected chi connectivity index (χ2v) is 6.95. The zero-order valence-corrected chi connectivity index (χ0v) is 17.8. The van der Waals surface area contributed by atoms with Crippen molar-refractivity contribution in [1.82, 2.24) is 15.5 Å². The fourth-order valence-electron chi connectivity index (χ4n) is 4.27. The number of methoxy groups -OCH3 is 1. The highest BCUT2D eigenvalue weighted by molar-refractivity contribution is 14.0. The van der Waals surface area contributed by atoms with E-state index in [-0.39, 0.29) is 59.5 Å². The molecule has 3 aliphatic rings. The lowest BCUT2D eigenvalue weighted by molar-refractivity contribution is -0.140. The number of hydrogen-bond donors (Lipinski definition) is 2. The van der Waals surface area contributed by atoms with Gasteiger partial charge in [-0.1, -0.05) is 12.2 Å². The van der Waals surface area contributed by atoms with Crippen molar-refractivity contribution in [1.29, 1.82) is 0 Å². The zero-order valence-electron chi connectivity index (χ0n) is 15.4. The van der Waals surface area contributed by atoms with Crippen molar-refractivity contribution >= 4 is 41.8 Å². The molecule has 3 rings (SSSR count). The van der Waals surface area contributed by atoms with Crippen LogP contribution in [-0.4, -0.2) is 63.1 Å². The molecule has 146 valence electrons. The predicted molar refractivity (Wildman–Crippen MR) is 110 cm³/mol. The lowest BCUT2D eigenvalue weighted by Crippen LogP contribution is -2.40. The predicted octanol–water partition coefficient (Wildman–Crippen LogP) is 1.00. The normalized spacial score (nSPS) is 29.2. The number of amides is 2. The molecular formula is C18H29IN4O3. The molecule has 0 aromatic heterocycles. The summed E-state index contributed by atoms with van der Waals surface area (Å²) in [6, 6.07) is 0. The second kappa shape index (κ2) is 9.68.